The second-order valence-corrected chi connectivity index (χ2v) is 7.08. The van der Waals surface area contributed by atoms with Gasteiger partial charge >= 0.3 is 5.69 Å². The van der Waals surface area contributed by atoms with Crippen molar-refractivity contribution in [2.75, 3.05) is 0 Å². The van der Waals surface area contributed by atoms with Crippen molar-refractivity contribution < 1.29 is 0 Å². The van der Waals surface area contributed by atoms with E-state index in [2.05, 4.69) is 9.97 Å². The Hall–Kier alpha value is -3.06. The Balaban J connectivity index is 1.90. The first kappa shape index (κ1) is 16.4. The van der Waals surface area contributed by atoms with E-state index in [0.717, 1.165) is 16.0 Å². The standard InChI is InChI=1S/C19H16N4O2S/c1-12-5-3-6-13(9-12)11-23-18(24)14-10-20-16(15-7-4-8-26-15)21-17(14)22(2)19(23)25/h3-10H,11H2,1-2H3. The van der Waals surface area contributed by atoms with E-state index >= 15 is 0 Å². The Bertz CT molecular complexity index is 1220. The van der Waals surface area contributed by atoms with E-state index in [0.29, 0.717) is 16.9 Å². The summed E-state index contributed by atoms with van der Waals surface area (Å²) in [5.41, 5.74) is 1.57. The van der Waals surface area contributed by atoms with Crippen LogP contribution in [0.4, 0.5) is 0 Å². The smallest absolute Gasteiger partial charge is 0.280 e. The van der Waals surface area contributed by atoms with Gasteiger partial charge in [-0.25, -0.2) is 14.8 Å². The summed E-state index contributed by atoms with van der Waals surface area (Å²) in [5, 5.41) is 2.27. The van der Waals surface area contributed by atoms with Gasteiger partial charge in [-0.05, 0) is 23.9 Å². The van der Waals surface area contributed by atoms with Crippen LogP contribution < -0.4 is 11.2 Å². The third-order valence-electron chi connectivity index (χ3n) is 4.24. The first-order valence-electron chi connectivity index (χ1n) is 8.10. The topological polar surface area (TPSA) is 69.8 Å². The number of aryl methyl sites for hydroxylation is 2. The average Bonchev–Trinajstić information content (AvgIpc) is 3.18. The zero-order valence-electron chi connectivity index (χ0n) is 14.3. The minimum atomic E-state index is -0.389. The van der Waals surface area contributed by atoms with Crippen molar-refractivity contribution in [3.05, 3.63) is 79.9 Å². The molecule has 0 N–H and O–H groups in total. The van der Waals surface area contributed by atoms with Crippen LogP contribution in [0.5, 0.6) is 0 Å². The minimum Gasteiger partial charge on any atom is -0.280 e. The van der Waals surface area contributed by atoms with Crippen molar-refractivity contribution in [3.8, 4) is 10.7 Å². The molecule has 0 saturated carbocycles. The number of aromatic nitrogens is 4. The molecule has 26 heavy (non-hydrogen) atoms. The molecule has 0 aliphatic carbocycles. The molecule has 0 atom stereocenters. The molecule has 0 bridgehead atoms. The van der Waals surface area contributed by atoms with E-state index in [9.17, 15) is 9.59 Å². The Morgan fingerprint density at radius 3 is 2.73 bits per heavy atom. The molecule has 6 nitrogen and oxygen atoms in total. The maximum absolute atomic E-state index is 12.9. The predicted molar refractivity (Wildman–Crippen MR) is 103 cm³/mol. The second kappa shape index (κ2) is 6.34. The molecular formula is C19H16N4O2S. The van der Waals surface area contributed by atoms with Gasteiger partial charge in [-0.15, -0.1) is 11.3 Å². The molecule has 4 rings (SSSR count). The van der Waals surface area contributed by atoms with Gasteiger partial charge in [0, 0.05) is 13.2 Å². The van der Waals surface area contributed by atoms with Crippen LogP contribution in [-0.2, 0) is 13.6 Å². The summed E-state index contributed by atoms with van der Waals surface area (Å²) >= 11 is 1.51. The van der Waals surface area contributed by atoms with E-state index in [1.54, 1.807) is 7.05 Å². The Labute approximate surface area is 153 Å². The van der Waals surface area contributed by atoms with Crippen molar-refractivity contribution in [2.45, 2.75) is 13.5 Å². The molecule has 0 spiro atoms. The van der Waals surface area contributed by atoms with E-state index in [4.69, 9.17) is 0 Å². The van der Waals surface area contributed by atoms with Gasteiger partial charge in [-0.1, -0.05) is 35.9 Å². The summed E-state index contributed by atoms with van der Waals surface area (Å²) in [6.07, 6.45) is 1.51. The molecule has 7 heteroatoms. The van der Waals surface area contributed by atoms with E-state index in [-0.39, 0.29) is 17.8 Å². The predicted octanol–water partition coefficient (Wildman–Crippen LogP) is 2.58. The van der Waals surface area contributed by atoms with Crippen LogP contribution in [0.1, 0.15) is 11.1 Å². The highest BCUT2D eigenvalue weighted by Crippen LogP contribution is 2.21. The summed E-state index contributed by atoms with van der Waals surface area (Å²) in [6.45, 7) is 2.19. The highest BCUT2D eigenvalue weighted by Gasteiger charge is 2.14. The molecule has 0 aliphatic heterocycles. The lowest BCUT2D eigenvalue weighted by molar-refractivity contribution is 0.656. The highest BCUT2D eigenvalue weighted by atomic mass is 32.1. The molecule has 4 aromatic rings. The maximum atomic E-state index is 12.9. The fraction of sp³-hybridized carbons (Fsp3) is 0.158. The lowest BCUT2D eigenvalue weighted by Gasteiger charge is -2.11. The van der Waals surface area contributed by atoms with Gasteiger partial charge in [0.1, 0.15) is 5.39 Å². The van der Waals surface area contributed by atoms with Gasteiger partial charge in [-0.2, -0.15) is 0 Å². The van der Waals surface area contributed by atoms with Gasteiger partial charge in [0.25, 0.3) is 5.56 Å². The van der Waals surface area contributed by atoms with Crippen LogP contribution in [-0.4, -0.2) is 19.1 Å². The van der Waals surface area contributed by atoms with Gasteiger partial charge in [0.2, 0.25) is 0 Å². The van der Waals surface area contributed by atoms with Crippen LogP contribution in [0.25, 0.3) is 21.7 Å². The molecule has 0 unspecified atom stereocenters. The first-order chi connectivity index (χ1) is 12.5. The number of hydrogen-bond acceptors (Lipinski definition) is 5. The zero-order chi connectivity index (χ0) is 18.3. The SMILES string of the molecule is Cc1cccc(Cn2c(=O)c3cnc(-c4cccs4)nc3n(C)c2=O)c1. The van der Waals surface area contributed by atoms with Crippen LogP contribution in [0, 0.1) is 6.92 Å². The molecule has 1 aromatic carbocycles. The number of hydrogen-bond donors (Lipinski definition) is 0. The zero-order valence-corrected chi connectivity index (χ0v) is 15.2. The minimum absolute atomic E-state index is 0.218. The lowest BCUT2D eigenvalue weighted by atomic mass is 10.1. The normalized spacial score (nSPS) is 11.2. The summed E-state index contributed by atoms with van der Waals surface area (Å²) in [5.74, 6) is 0.512. The molecule has 0 fully saturated rings. The van der Waals surface area contributed by atoms with E-state index < -0.39 is 0 Å². The van der Waals surface area contributed by atoms with E-state index in [1.807, 2.05) is 48.7 Å². The fourth-order valence-corrected chi connectivity index (χ4v) is 3.60. The largest absolute Gasteiger partial charge is 0.332 e. The van der Waals surface area contributed by atoms with Crippen molar-refractivity contribution in [3.63, 3.8) is 0 Å². The summed E-state index contributed by atoms with van der Waals surface area (Å²) in [7, 11) is 1.63. The third kappa shape index (κ3) is 2.76. The molecule has 3 aromatic heterocycles. The number of rotatable bonds is 3. The van der Waals surface area contributed by atoms with Gasteiger partial charge < -0.3 is 0 Å². The van der Waals surface area contributed by atoms with Crippen molar-refractivity contribution in [2.24, 2.45) is 7.05 Å². The van der Waals surface area contributed by atoms with Crippen molar-refractivity contribution >= 4 is 22.4 Å². The second-order valence-electron chi connectivity index (χ2n) is 6.13. The molecular weight excluding hydrogens is 348 g/mol. The number of thiophene rings is 1. The Morgan fingerprint density at radius 1 is 1.15 bits per heavy atom. The third-order valence-corrected chi connectivity index (χ3v) is 5.11. The summed E-state index contributed by atoms with van der Waals surface area (Å²) in [6, 6.07) is 11.6. The van der Waals surface area contributed by atoms with Gasteiger partial charge in [-0.3, -0.25) is 13.9 Å². The maximum Gasteiger partial charge on any atom is 0.332 e. The van der Waals surface area contributed by atoms with Crippen LogP contribution in [0.15, 0.2) is 57.6 Å². The monoisotopic (exact) mass is 364 g/mol. The Kier molecular flexibility index (Phi) is 4.00. The van der Waals surface area contributed by atoms with Crippen LogP contribution in [0.3, 0.4) is 0 Å². The fourth-order valence-electron chi connectivity index (χ4n) is 2.94. The summed E-state index contributed by atoms with van der Waals surface area (Å²) in [4.78, 5) is 35.3. The molecule has 0 saturated heterocycles. The quantitative estimate of drug-likeness (QED) is 0.560. The molecule has 3 heterocycles. The van der Waals surface area contributed by atoms with Gasteiger partial charge in [0.05, 0.1) is 11.4 Å². The number of benzene rings is 1. The van der Waals surface area contributed by atoms with E-state index in [1.165, 1.54) is 26.7 Å². The summed E-state index contributed by atoms with van der Waals surface area (Å²) < 4.78 is 2.64. The Morgan fingerprint density at radius 2 is 2.00 bits per heavy atom. The highest BCUT2D eigenvalue weighted by molar-refractivity contribution is 7.13. The lowest BCUT2D eigenvalue weighted by Crippen LogP contribution is -2.39. The molecule has 0 aliphatic rings. The van der Waals surface area contributed by atoms with Crippen LogP contribution >= 0.6 is 11.3 Å². The molecule has 0 radical (unpaired) electrons. The van der Waals surface area contributed by atoms with Gasteiger partial charge in [0.15, 0.2) is 11.5 Å². The molecule has 130 valence electrons. The first-order valence-corrected chi connectivity index (χ1v) is 8.98. The van der Waals surface area contributed by atoms with Crippen molar-refractivity contribution in [1.29, 1.82) is 0 Å². The number of nitrogens with zero attached hydrogens (tertiary/aromatic N) is 4. The van der Waals surface area contributed by atoms with Crippen LogP contribution in [0.2, 0.25) is 0 Å². The number of fused-ring (bicyclic) bond motifs is 1. The van der Waals surface area contributed by atoms with Crippen molar-refractivity contribution in [1.82, 2.24) is 19.1 Å². The average molecular weight is 364 g/mol. The molecule has 0 amide bonds.